The number of nitrogens with two attached hydrogens (primary N) is 1. The summed E-state index contributed by atoms with van der Waals surface area (Å²) < 4.78 is 36.6. The fourth-order valence-corrected chi connectivity index (χ4v) is 4.91. The molecule has 0 radical (unpaired) electrons. The molecule has 0 amide bonds. The van der Waals surface area contributed by atoms with Gasteiger partial charge in [0.2, 0.25) is 5.28 Å². The van der Waals surface area contributed by atoms with Crippen molar-refractivity contribution in [3.63, 3.8) is 0 Å². The molecular weight excluding hydrogens is 397 g/mol. The van der Waals surface area contributed by atoms with Crippen molar-refractivity contribution in [3.8, 4) is 12.3 Å². The van der Waals surface area contributed by atoms with Crippen LogP contribution in [0.25, 0.3) is 11.2 Å². The molecule has 0 bridgehead atoms. The Morgan fingerprint density at radius 2 is 2.33 bits per heavy atom. The summed E-state index contributed by atoms with van der Waals surface area (Å²) in [6, 6.07) is 0. The molecule has 0 saturated carbocycles. The molecule has 144 valence electrons. The Bertz CT molecular complexity index is 991. The van der Waals surface area contributed by atoms with Crippen molar-refractivity contribution in [2.75, 3.05) is 12.3 Å². The number of anilines is 1. The number of rotatable bonds is 3. The number of ether oxygens (including phenoxy) is 1. The van der Waals surface area contributed by atoms with E-state index in [9.17, 15) is 4.57 Å². The number of hydrogen-bond acceptors (Lipinski definition) is 9. The van der Waals surface area contributed by atoms with Crippen molar-refractivity contribution in [3.05, 3.63) is 11.6 Å². The number of halogens is 1. The molecule has 4 atom stereocenters. The Labute approximate surface area is 159 Å². The number of fused-ring (bicyclic) bond motifs is 2. The van der Waals surface area contributed by atoms with Crippen LogP contribution in [0.15, 0.2) is 6.33 Å². The minimum atomic E-state index is -3.73. The van der Waals surface area contributed by atoms with Gasteiger partial charge in [-0.05, 0) is 25.4 Å². The second-order valence-electron chi connectivity index (χ2n) is 6.51. The van der Waals surface area contributed by atoms with E-state index >= 15 is 0 Å². The van der Waals surface area contributed by atoms with Crippen LogP contribution in [0.1, 0.15) is 26.5 Å². The lowest BCUT2D eigenvalue weighted by Crippen LogP contribution is -2.46. The summed E-state index contributed by atoms with van der Waals surface area (Å²) in [5.74, 6) is 2.72. The molecule has 2 aromatic heterocycles. The summed E-state index contributed by atoms with van der Waals surface area (Å²) >= 11 is 5.91. The quantitative estimate of drug-likeness (QED) is 0.458. The number of terminal acetylenes is 1. The molecule has 2 aromatic rings. The number of nitrogen functional groups attached to an aromatic ring is 1. The summed E-state index contributed by atoms with van der Waals surface area (Å²) in [7, 11) is -3.73. The van der Waals surface area contributed by atoms with Crippen molar-refractivity contribution in [2.45, 2.75) is 44.3 Å². The zero-order valence-corrected chi connectivity index (χ0v) is 16.2. The van der Waals surface area contributed by atoms with Gasteiger partial charge >= 0.3 is 7.82 Å². The highest BCUT2D eigenvalue weighted by Gasteiger charge is 2.57. The topological polar surface area (TPSA) is 124 Å². The predicted molar refractivity (Wildman–Crippen MR) is 95.7 cm³/mol. The fraction of sp³-hybridized carbons (Fsp3) is 0.533. The number of aromatic nitrogens is 4. The summed E-state index contributed by atoms with van der Waals surface area (Å²) in [5.41, 5.74) is 5.41. The predicted octanol–water partition coefficient (Wildman–Crippen LogP) is 2.30. The van der Waals surface area contributed by atoms with Crippen LogP contribution in [0.4, 0.5) is 5.82 Å². The third kappa shape index (κ3) is 3.10. The van der Waals surface area contributed by atoms with E-state index in [0.29, 0.717) is 11.2 Å². The number of phosphoric ester groups is 1. The largest absolute Gasteiger partial charge is 0.475 e. The van der Waals surface area contributed by atoms with Gasteiger partial charge in [-0.3, -0.25) is 18.1 Å². The molecule has 2 saturated heterocycles. The van der Waals surface area contributed by atoms with Crippen molar-refractivity contribution in [2.24, 2.45) is 0 Å². The molecule has 4 rings (SSSR count). The van der Waals surface area contributed by atoms with Crippen molar-refractivity contribution < 1.29 is 22.9 Å². The third-order valence-electron chi connectivity index (χ3n) is 4.29. The number of imidazole rings is 1. The Morgan fingerprint density at radius 3 is 3.04 bits per heavy atom. The van der Waals surface area contributed by atoms with E-state index in [2.05, 4.69) is 20.9 Å². The second-order valence-corrected chi connectivity index (χ2v) is 8.43. The highest BCUT2D eigenvalue weighted by Crippen LogP contribution is 2.60. The van der Waals surface area contributed by atoms with Gasteiger partial charge in [0.25, 0.3) is 0 Å². The Hall–Kier alpha value is -1.73. The van der Waals surface area contributed by atoms with E-state index in [4.69, 9.17) is 42.1 Å². The molecule has 2 fully saturated rings. The van der Waals surface area contributed by atoms with Gasteiger partial charge in [0.1, 0.15) is 24.5 Å². The van der Waals surface area contributed by atoms with Gasteiger partial charge in [-0.1, -0.05) is 5.92 Å². The molecule has 0 aromatic carbocycles. The molecule has 27 heavy (non-hydrogen) atoms. The molecule has 12 heteroatoms. The summed E-state index contributed by atoms with van der Waals surface area (Å²) in [4.78, 5) is 12.3. The van der Waals surface area contributed by atoms with E-state index in [1.54, 1.807) is 18.4 Å². The number of hydrogen-bond donors (Lipinski definition) is 1. The maximum Gasteiger partial charge on any atom is 0.475 e. The monoisotopic (exact) mass is 413 g/mol. The van der Waals surface area contributed by atoms with E-state index in [-0.39, 0.29) is 30.2 Å². The van der Waals surface area contributed by atoms with Gasteiger partial charge in [-0.15, -0.1) is 6.42 Å². The zero-order chi connectivity index (χ0) is 19.4. The first-order valence-electron chi connectivity index (χ1n) is 8.18. The molecule has 10 nitrogen and oxygen atoms in total. The van der Waals surface area contributed by atoms with Crippen molar-refractivity contribution in [1.82, 2.24) is 19.5 Å². The fourth-order valence-electron chi connectivity index (χ4n) is 3.13. The summed E-state index contributed by atoms with van der Waals surface area (Å²) in [6.45, 7) is 3.34. The lowest BCUT2D eigenvalue weighted by molar-refractivity contribution is -0.114. The first-order chi connectivity index (χ1) is 12.8. The maximum atomic E-state index is 12.7. The van der Waals surface area contributed by atoms with Gasteiger partial charge in [-0.2, -0.15) is 9.97 Å². The first-order valence-corrected chi connectivity index (χ1v) is 10.0. The second kappa shape index (κ2) is 6.41. The van der Waals surface area contributed by atoms with Crippen LogP contribution in [-0.2, 0) is 22.9 Å². The average molecular weight is 414 g/mol. The molecule has 2 aliphatic heterocycles. The molecule has 4 heterocycles. The SMILES string of the molecule is C#C[C@@]12COP(=O)(OC(C)C)O[C@@H]1C[C@H](n1cnc3c(N)nc(Cl)nc31)O2. The van der Waals surface area contributed by atoms with E-state index in [1.165, 1.54) is 6.33 Å². The standard InChI is InChI=1S/C15H17ClN5O5P/c1-4-15-6-23-27(22,25-8(2)3)26-9(15)5-10(24-15)21-7-18-11-12(17)19-14(16)20-13(11)21/h1,7-10H,5-6H2,2-3H3,(H2,17,19,20)/t9-,10-,15-,27?/m1/s1. The summed E-state index contributed by atoms with van der Waals surface area (Å²) in [6.07, 6.45) is 5.84. The molecular formula is C15H17ClN5O5P. The van der Waals surface area contributed by atoms with Crippen LogP contribution in [0.2, 0.25) is 5.28 Å². The third-order valence-corrected chi connectivity index (χ3v) is 6.10. The van der Waals surface area contributed by atoms with Gasteiger partial charge < -0.3 is 10.5 Å². The molecule has 1 unspecified atom stereocenters. The van der Waals surface area contributed by atoms with Crippen molar-refractivity contribution in [1.29, 1.82) is 0 Å². The van der Waals surface area contributed by atoms with Crippen LogP contribution < -0.4 is 5.73 Å². The highest BCUT2D eigenvalue weighted by molar-refractivity contribution is 7.48. The number of nitrogens with zero attached hydrogens (tertiary/aromatic N) is 4. The maximum absolute atomic E-state index is 12.7. The molecule has 2 aliphatic rings. The van der Waals surface area contributed by atoms with Gasteiger partial charge in [0.15, 0.2) is 17.1 Å². The van der Waals surface area contributed by atoms with Crippen LogP contribution >= 0.6 is 19.4 Å². The van der Waals surface area contributed by atoms with Gasteiger partial charge in [0, 0.05) is 6.42 Å². The average Bonchev–Trinajstić information content (AvgIpc) is 3.15. The van der Waals surface area contributed by atoms with Gasteiger partial charge in [-0.25, -0.2) is 9.55 Å². The van der Waals surface area contributed by atoms with Crippen LogP contribution in [0, 0.1) is 12.3 Å². The first kappa shape index (κ1) is 18.6. The number of phosphoric acid groups is 1. The van der Waals surface area contributed by atoms with Crippen LogP contribution in [0.3, 0.4) is 0 Å². The highest BCUT2D eigenvalue weighted by atomic mass is 35.5. The lowest BCUT2D eigenvalue weighted by atomic mass is 9.99. The van der Waals surface area contributed by atoms with E-state index < -0.39 is 25.8 Å². The Balaban J connectivity index is 1.67. The molecule has 0 aliphatic carbocycles. The molecule has 2 N–H and O–H groups in total. The Morgan fingerprint density at radius 1 is 1.56 bits per heavy atom. The minimum absolute atomic E-state index is 0.0155. The minimum Gasteiger partial charge on any atom is -0.382 e. The van der Waals surface area contributed by atoms with Gasteiger partial charge in [0.05, 0.1) is 12.4 Å². The van der Waals surface area contributed by atoms with Crippen LogP contribution in [0.5, 0.6) is 0 Å². The lowest BCUT2D eigenvalue weighted by Gasteiger charge is -2.36. The Kier molecular flexibility index (Phi) is 4.42. The van der Waals surface area contributed by atoms with Crippen LogP contribution in [-0.4, -0.2) is 43.9 Å². The zero-order valence-electron chi connectivity index (χ0n) is 14.5. The molecule has 0 spiro atoms. The smallest absolute Gasteiger partial charge is 0.382 e. The van der Waals surface area contributed by atoms with E-state index in [1.807, 2.05) is 0 Å². The summed E-state index contributed by atoms with van der Waals surface area (Å²) in [5, 5.41) is -0.0155. The normalized spacial score (nSPS) is 33.3. The van der Waals surface area contributed by atoms with Crippen molar-refractivity contribution >= 4 is 36.4 Å². The van der Waals surface area contributed by atoms with E-state index in [0.717, 1.165) is 0 Å².